The summed E-state index contributed by atoms with van der Waals surface area (Å²) >= 11 is 0. The molecular weight excluding hydrogens is 192 g/mol. The summed E-state index contributed by atoms with van der Waals surface area (Å²) in [6, 6.07) is 7.00. The third kappa shape index (κ3) is 1.80. The highest BCUT2D eigenvalue weighted by molar-refractivity contribution is 5.96. The maximum Gasteiger partial charge on any atom is 0.243 e. The number of carbonyl (C=O) groups is 1. The largest absolute Gasteiger partial charge is 0.506 e. The van der Waals surface area contributed by atoms with Gasteiger partial charge in [0, 0.05) is 12.5 Å². The molecule has 1 amide bonds. The number of nitrogens with one attached hydrogen (secondary N) is 1. The van der Waals surface area contributed by atoms with Gasteiger partial charge in [0.2, 0.25) is 5.91 Å². The van der Waals surface area contributed by atoms with Crippen molar-refractivity contribution >= 4 is 11.6 Å². The monoisotopic (exact) mass is 206 g/mol. The fraction of sp³-hybridized carbons (Fsp3) is 0.364. The number of amides is 1. The summed E-state index contributed by atoms with van der Waals surface area (Å²) in [5.41, 5.74) is 3.60. The number of para-hydroxylation sites is 2. The van der Waals surface area contributed by atoms with Crippen LogP contribution in [-0.4, -0.2) is 17.1 Å². The van der Waals surface area contributed by atoms with E-state index in [9.17, 15) is 9.90 Å². The Morgan fingerprint density at radius 2 is 2.27 bits per heavy atom. The van der Waals surface area contributed by atoms with E-state index in [0.717, 1.165) is 6.42 Å². The molecule has 0 spiro atoms. The fourth-order valence-electron chi connectivity index (χ4n) is 1.70. The van der Waals surface area contributed by atoms with E-state index in [0.29, 0.717) is 12.1 Å². The van der Waals surface area contributed by atoms with E-state index in [4.69, 9.17) is 0 Å². The first-order chi connectivity index (χ1) is 7.22. The highest BCUT2D eigenvalue weighted by Crippen LogP contribution is 2.28. The second-order valence-corrected chi connectivity index (χ2v) is 3.66. The summed E-state index contributed by atoms with van der Waals surface area (Å²) in [6.45, 7) is 2.03. The third-order valence-electron chi connectivity index (χ3n) is 2.60. The van der Waals surface area contributed by atoms with Crippen LogP contribution in [0.5, 0.6) is 5.75 Å². The Morgan fingerprint density at radius 3 is 2.87 bits per heavy atom. The average molecular weight is 206 g/mol. The van der Waals surface area contributed by atoms with Gasteiger partial charge in [0.25, 0.3) is 0 Å². The molecule has 1 aromatic carbocycles. The molecule has 1 saturated heterocycles. The van der Waals surface area contributed by atoms with Crippen molar-refractivity contribution in [2.45, 2.75) is 25.8 Å². The van der Waals surface area contributed by atoms with Gasteiger partial charge in [-0.1, -0.05) is 19.1 Å². The van der Waals surface area contributed by atoms with E-state index < -0.39 is 0 Å². The molecule has 4 nitrogen and oxygen atoms in total. The van der Waals surface area contributed by atoms with Crippen LogP contribution in [-0.2, 0) is 4.79 Å². The summed E-state index contributed by atoms with van der Waals surface area (Å²) < 4.78 is 0. The minimum atomic E-state index is 0.00310. The van der Waals surface area contributed by atoms with Crippen LogP contribution in [0.15, 0.2) is 24.3 Å². The molecule has 0 radical (unpaired) electrons. The Balaban J connectivity index is 2.25. The number of carbonyl (C=O) groups excluding carboxylic acids is 1. The standard InChI is InChI=1S/C11H14N2O2/c1-2-8-7-11(15)13(12-8)9-5-3-4-6-10(9)14/h3-6,8,12,14H,2,7H2,1H3. The molecule has 0 aliphatic carbocycles. The number of phenols is 1. The van der Waals surface area contributed by atoms with Gasteiger partial charge in [-0.3, -0.25) is 4.79 Å². The summed E-state index contributed by atoms with van der Waals surface area (Å²) in [4.78, 5) is 11.6. The maximum absolute atomic E-state index is 11.6. The number of anilines is 1. The summed E-state index contributed by atoms with van der Waals surface area (Å²) in [7, 11) is 0. The average Bonchev–Trinajstić information content (AvgIpc) is 2.60. The number of aromatic hydroxyl groups is 1. The van der Waals surface area contributed by atoms with Gasteiger partial charge in [0.05, 0.1) is 0 Å². The minimum absolute atomic E-state index is 0.00310. The van der Waals surface area contributed by atoms with Crippen molar-refractivity contribution in [3.63, 3.8) is 0 Å². The summed E-state index contributed by atoms with van der Waals surface area (Å²) in [5.74, 6) is 0.124. The van der Waals surface area contributed by atoms with Crippen LogP contribution in [0.25, 0.3) is 0 Å². The predicted octanol–water partition coefficient (Wildman–Crippen LogP) is 1.41. The molecule has 0 aromatic heterocycles. The van der Waals surface area contributed by atoms with Crippen LogP contribution >= 0.6 is 0 Å². The molecule has 0 bridgehead atoms. The van der Waals surface area contributed by atoms with Crippen molar-refractivity contribution in [1.29, 1.82) is 0 Å². The van der Waals surface area contributed by atoms with Crippen LogP contribution < -0.4 is 10.4 Å². The highest BCUT2D eigenvalue weighted by Gasteiger charge is 2.30. The SMILES string of the molecule is CCC1CC(=O)N(c2ccccc2O)N1. The van der Waals surface area contributed by atoms with E-state index in [2.05, 4.69) is 5.43 Å². The Hall–Kier alpha value is -1.55. The van der Waals surface area contributed by atoms with Gasteiger partial charge in [0.1, 0.15) is 11.4 Å². The van der Waals surface area contributed by atoms with Gasteiger partial charge in [0.15, 0.2) is 0 Å². The third-order valence-corrected chi connectivity index (χ3v) is 2.60. The Bertz CT molecular complexity index is 379. The van der Waals surface area contributed by atoms with Crippen molar-refractivity contribution < 1.29 is 9.90 Å². The van der Waals surface area contributed by atoms with Crippen molar-refractivity contribution in [1.82, 2.24) is 5.43 Å². The molecule has 1 aliphatic heterocycles. The van der Waals surface area contributed by atoms with Crippen LogP contribution in [0, 0.1) is 0 Å². The minimum Gasteiger partial charge on any atom is -0.506 e. The molecule has 2 rings (SSSR count). The summed E-state index contributed by atoms with van der Waals surface area (Å²) in [6.07, 6.45) is 1.39. The molecule has 1 unspecified atom stereocenters. The number of benzene rings is 1. The molecule has 2 N–H and O–H groups in total. The quantitative estimate of drug-likeness (QED) is 0.769. The molecule has 1 atom stereocenters. The lowest BCUT2D eigenvalue weighted by Gasteiger charge is -2.18. The van der Waals surface area contributed by atoms with Crippen LogP contribution in [0.1, 0.15) is 19.8 Å². The predicted molar refractivity (Wildman–Crippen MR) is 57.4 cm³/mol. The van der Waals surface area contributed by atoms with Crippen molar-refractivity contribution in [3.8, 4) is 5.75 Å². The molecule has 4 heteroatoms. The van der Waals surface area contributed by atoms with Gasteiger partial charge in [-0.2, -0.15) is 0 Å². The number of hydrogen-bond donors (Lipinski definition) is 2. The number of phenolic OH excluding ortho intramolecular Hbond substituents is 1. The van der Waals surface area contributed by atoms with Crippen molar-refractivity contribution in [2.24, 2.45) is 0 Å². The van der Waals surface area contributed by atoms with Gasteiger partial charge in [-0.15, -0.1) is 0 Å². The van der Waals surface area contributed by atoms with Crippen LogP contribution in [0.4, 0.5) is 5.69 Å². The van der Waals surface area contributed by atoms with Gasteiger partial charge >= 0.3 is 0 Å². The molecule has 1 aromatic rings. The van der Waals surface area contributed by atoms with E-state index in [1.807, 2.05) is 6.92 Å². The van der Waals surface area contributed by atoms with E-state index in [-0.39, 0.29) is 17.7 Å². The topological polar surface area (TPSA) is 52.6 Å². The molecule has 1 aliphatic rings. The molecule has 1 heterocycles. The zero-order valence-electron chi connectivity index (χ0n) is 8.60. The maximum atomic E-state index is 11.6. The van der Waals surface area contributed by atoms with E-state index in [1.54, 1.807) is 24.3 Å². The molecule has 0 saturated carbocycles. The van der Waals surface area contributed by atoms with Crippen LogP contribution in [0.3, 0.4) is 0 Å². The number of nitrogens with zero attached hydrogens (tertiary/aromatic N) is 1. The molecule has 80 valence electrons. The number of hydrazine groups is 1. The van der Waals surface area contributed by atoms with Crippen molar-refractivity contribution in [2.75, 3.05) is 5.01 Å². The first-order valence-electron chi connectivity index (χ1n) is 5.09. The highest BCUT2D eigenvalue weighted by atomic mass is 16.3. The second kappa shape index (κ2) is 3.90. The lowest BCUT2D eigenvalue weighted by molar-refractivity contribution is -0.117. The summed E-state index contributed by atoms with van der Waals surface area (Å²) in [5, 5.41) is 11.0. The van der Waals surface area contributed by atoms with Gasteiger partial charge in [-0.25, -0.2) is 10.4 Å². The molecule has 1 fully saturated rings. The van der Waals surface area contributed by atoms with Crippen LogP contribution in [0.2, 0.25) is 0 Å². The van der Waals surface area contributed by atoms with E-state index in [1.165, 1.54) is 5.01 Å². The smallest absolute Gasteiger partial charge is 0.243 e. The first kappa shape index (κ1) is 9.98. The molecule has 15 heavy (non-hydrogen) atoms. The van der Waals surface area contributed by atoms with Crippen molar-refractivity contribution in [3.05, 3.63) is 24.3 Å². The second-order valence-electron chi connectivity index (χ2n) is 3.66. The van der Waals surface area contributed by atoms with Gasteiger partial charge < -0.3 is 5.11 Å². The molecular formula is C11H14N2O2. The number of hydrogen-bond acceptors (Lipinski definition) is 3. The zero-order valence-corrected chi connectivity index (χ0v) is 8.60. The van der Waals surface area contributed by atoms with E-state index >= 15 is 0 Å². The lowest BCUT2D eigenvalue weighted by atomic mass is 10.2. The Labute approximate surface area is 88.5 Å². The Kier molecular flexibility index (Phi) is 2.60. The zero-order chi connectivity index (χ0) is 10.8. The first-order valence-corrected chi connectivity index (χ1v) is 5.09. The fourth-order valence-corrected chi connectivity index (χ4v) is 1.70. The van der Waals surface area contributed by atoms with Gasteiger partial charge in [-0.05, 0) is 18.6 Å². The normalized spacial score (nSPS) is 21.0. The lowest BCUT2D eigenvalue weighted by Crippen LogP contribution is -2.37. The Morgan fingerprint density at radius 1 is 1.53 bits per heavy atom. The number of rotatable bonds is 2.